The smallest absolute Gasteiger partial charge is 0.331 e. The number of fused-ring (bicyclic) bond motifs is 1. The van der Waals surface area contributed by atoms with Crippen LogP contribution < -0.4 is 0 Å². The summed E-state index contributed by atoms with van der Waals surface area (Å²) in [5, 5.41) is 4.60. The summed E-state index contributed by atoms with van der Waals surface area (Å²) in [7, 11) is 0. The second kappa shape index (κ2) is 7.53. The molecule has 0 N–H and O–H groups in total. The van der Waals surface area contributed by atoms with E-state index in [2.05, 4.69) is 10.1 Å². The van der Waals surface area contributed by atoms with E-state index in [9.17, 15) is 9.18 Å². The average molecular weight is 363 g/mol. The number of carbonyl (C=O) groups excluding carboxylic acids is 1. The molecule has 0 spiro atoms. The zero-order chi connectivity index (χ0) is 18.6. The Kier molecular flexibility index (Phi) is 4.78. The van der Waals surface area contributed by atoms with Gasteiger partial charge in [-0.1, -0.05) is 6.07 Å². The first-order chi connectivity index (χ1) is 13.2. The van der Waals surface area contributed by atoms with Crippen LogP contribution in [0.25, 0.3) is 11.8 Å². The number of hydrogen-bond acceptors (Lipinski definition) is 4. The van der Waals surface area contributed by atoms with Gasteiger partial charge in [-0.25, -0.2) is 13.9 Å². The van der Waals surface area contributed by atoms with Crippen LogP contribution in [0.3, 0.4) is 0 Å². The van der Waals surface area contributed by atoms with Gasteiger partial charge in [-0.2, -0.15) is 5.10 Å². The topological polar surface area (TPSA) is 57.0 Å². The van der Waals surface area contributed by atoms with Crippen molar-refractivity contribution in [3.05, 3.63) is 83.2 Å². The Morgan fingerprint density at radius 1 is 1.19 bits per heavy atom. The number of pyridine rings is 1. The van der Waals surface area contributed by atoms with Crippen LogP contribution in [0, 0.1) is 5.82 Å². The van der Waals surface area contributed by atoms with E-state index in [-0.39, 0.29) is 12.4 Å². The number of rotatable bonds is 5. The molecule has 4 rings (SSSR count). The first kappa shape index (κ1) is 17.1. The summed E-state index contributed by atoms with van der Waals surface area (Å²) in [5.41, 5.74) is 4.49. The molecule has 27 heavy (non-hydrogen) atoms. The normalized spacial score (nSPS) is 13.1. The largest absolute Gasteiger partial charge is 0.456 e. The number of aromatic nitrogens is 3. The Bertz CT molecular complexity index is 979. The minimum Gasteiger partial charge on any atom is -0.456 e. The Morgan fingerprint density at radius 2 is 2.04 bits per heavy atom. The molecule has 2 heterocycles. The number of carbonyl (C=O) groups is 1. The lowest BCUT2D eigenvalue weighted by Gasteiger charge is -2.05. The van der Waals surface area contributed by atoms with Crippen molar-refractivity contribution in [1.82, 2.24) is 14.8 Å². The van der Waals surface area contributed by atoms with Crippen molar-refractivity contribution in [2.24, 2.45) is 0 Å². The lowest BCUT2D eigenvalue weighted by molar-refractivity contribution is -0.139. The van der Waals surface area contributed by atoms with E-state index < -0.39 is 5.97 Å². The molecule has 0 atom stereocenters. The van der Waals surface area contributed by atoms with Gasteiger partial charge in [-0.3, -0.25) is 4.98 Å². The summed E-state index contributed by atoms with van der Waals surface area (Å²) >= 11 is 0. The first-order valence-electron chi connectivity index (χ1n) is 8.82. The monoisotopic (exact) mass is 363 g/mol. The van der Waals surface area contributed by atoms with Gasteiger partial charge in [0.25, 0.3) is 0 Å². The number of esters is 1. The second-order valence-corrected chi connectivity index (χ2v) is 6.31. The van der Waals surface area contributed by atoms with Gasteiger partial charge in [0.15, 0.2) is 0 Å². The molecular formula is C21H18FN3O2. The van der Waals surface area contributed by atoms with Crippen molar-refractivity contribution in [1.29, 1.82) is 0 Å². The lowest BCUT2D eigenvalue weighted by Crippen LogP contribution is -2.05. The Hall–Kier alpha value is -3.28. The number of halogens is 1. The highest BCUT2D eigenvalue weighted by molar-refractivity contribution is 5.86. The SMILES string of the molecule is O=C(/C=C/c1ccccn1)OCc1nn(-c2ccc(F)cc2)c2c1CCC2. The maximum Gasteiger partial charge on any atom is 0.331 e. The summed E-state index contributed by atoms with van der Waals surface area (Å²) in [4.78, 5) is 16.1. The van der Waals surface area contributed by atoms with Gasteiger partial charge in [-0.15, -0.1) is 0 Å². The standard InChI is InChI=1S/C21H18FN3O2/c22-15-7-10-17(11-8-15)25-20-6-3-5-18(20)19(24-25)14-27-21(26)12-9-16-4-1-2-13-23-16/h1-2,4,7-13H,3,5-6,14H2/b12-9+. The van der Waals surface area contributed by atoms with E-state index >= 15 is 0 Å². The van der Waals surface area contributed by atoms with Gasteiger partial charge in [0.05, 0.1) is 11.4 Å². The van der Waals surface area contributed by atoms with Crippen molar-refractivity contribution in [3.63, 3.8) is 0 Å². The van der Waals surface area contributed by atoms with Gasteiger partial charge in [0, 0.05) is 23.5 Å². The Labute approximate surface area is 156 Å². The van der Waals surface area contributed by atoms with Crippen molar-refractivity contribution < 1.29 is 13.9 Å². The summed E-state index contributed by atoms with van der Waals surface area (Å²) in [6.07, 6.45) is 7.50. The minimum atomic E-state index is -0.441. The number of benzene rings is 1. The molecule has 136 valence electrons. The van der Waals surface area contributed by atoms with Crippen LogP contribution in [0.5, 0.6) is 0 Å². The van der Waals surface area contributed by atoms with E-state index in [1.807, 2.05) is 16.8 Å². The second-order valence-electron chi connectivity index (χ2n) is 6.31. The Morgan fingerprint density at radius 3 is 2.81 bits per heavy atom. The number of hydrogen-bond donors (Lipinski definition) is 0. The highest BCUT2D eigenvalue weighted by Gasteiger charge is 2.23. The molecule has 0 unspecified atom stereocenters. The third-order valence-electron chi connectivity index (χ3n) is 4.51. The molecule has 0 saturated heterocycles. The van der Waals surface area contributed by atoms with Crippen LogP contribution >= 0.6 is 0 Å². The molecule has 1 aromatic carbocycles. The van der Waals surface area contributed by atoms with Crippen LogP contribution in [-0.2, 0) is 29.0 Å². The highest BCUT2D eigenvalue weighted by Crippen LogP contribution is 2.28. The summed E-state index contributed by atoms with van der Waals surface area (Å²) in [6.45, 7) is 0.113. The molecule has 0 fully saturated rings. The van der Waals surface area contributed by atoms with E-state index in [1.54, 1.807) is 30.5 Å². The fourth-order valence-electron chi connectivity index (χ4n) is 3.24. The average Bonchev–Trinajstić information content (AvgIpc) is 3.29. The van der Waals surface area contributed by atoms with Crippen LogP contribution in [0.4, 0.5) is 4.39 Å². The zero-order valence-electron chi connectivity index (χ0n) is 14.6. The fourth-order valence-corrected chi connectivity index (χ4v) is 3.24. The molecule has 1 aliphatic rings. The quantitative estimate of drug-likeness (QED) is 0.513. The van der Waals surface area contributed by atoms with Crippen molar-refractivity contribution in [2.45, 2.75) is 25.9 Å². The van der Waals surface area contributed by atoms with Crippen LogP contribution in [-0.4, -0.2) is 20.7 Å². The number of nitrogens with zero attached hydrogens (tertiary/aromatic N) is 3. The van der Waals surface area contributed by atoms with Crippen LogP contribution in [0.2, 0.25) is 0 Å². The van der Waals surface area contributed by atoms with E-state index in [0.29, 0.717) is 5.69 Å². The molecule has 0 aliphatic heterocycles. The summed E-state index contributed by atoms with van der Waals surface area (Å²) in [6, 6.07) is 11.7. The lowest BCUT2D eigenvalue weighted by atomic mass is 10.2. The maximum absolute atomic E-state index is 13.2. The third kappa shape index (κ3) is 3.79. The van der Waals surface area contributed by atoms with E-state index in [0.717, 1.165) is 41.9 Å². The van der Waals surface area contributed by atoms with Gasteiger partial charge >= 0.3 is 5.97 Å². The highest BCUT2D eigenvalue weighted by atomic mass is 19.1. The zero-order valence-corrected chi connectivity index (χ0v) is 14.6. The molecule has 0 amide bonds. The van der Waals surface area contributed by atoms with Crippen LogP contribution in [0.1, 0.15) is 29.1 Å². The summed E-state index contributed by atoms with van der Waals surface area (Å²) in [5.74, 6) is -0.722. The minimum absolute atomic E-state index is 0.113. The number of ether oxygens (including phenoxy) is 1. The molecule has 6 heteroatoms. The van der Waals surface area contributed by atoms with Gasteiger partial charge in [0.2, 0.25) is 0 Å². The Balaban J connectivity index is 1.48. The van der Waals surface area contributed by atoms with Crippen molar-refractivity contribution >= 4 is 12.0 Å². The maximum atomic E-state index is 13.2. The molecule has 0 saturated carbocycles. The molecule has 5 nitrogen and oxygen atoms in total. The molecule has 2 aromatic heterocycles. The van der Waals surface area contributed by atoms with Crippen molar-refractivity contribution in [2.75, 3.05) is 0 Å². The molecule has 3 aromatic rings. The van der Waals surface area contributed by atoms with Gasteiger partial charge in [-0.05, 0) is 61.7 Å². The van der Waals surface area contributed by atoms with Crippen LogP contribution in [0.15, 0.2) is 54.7 Å². The molecular weight excluding hydrogens is 345 g/mol. The summed E-state index contributed by atoms with van der Waals surface area (Å²) < 4.78 is 20.4. The third-order valence-corrected chi connectivity index (χ3v) is 4.51. The van der Waals surface area contributed by atoms with E-state index in [1.165, 1.54) is 18.2 Å². The predicted molar refractivity (Wildman–Crippen MR) is 98.6 cm³/mol. The predicted octanol–water partition coefficient (Wildman–Crippen LogP) is 3.65. The van der Waals surface area contributed by atoms with Crippen molar-refractivity contribution in [3.8, 4) is 5.69 Å². The molecule has 1 aliphatic carbocycles. The van der Waals surface area contributed by atoms with Gasteiger partial charge in [0.1, 0.15) is 18.1 Å². The first-order valence-corrected chi connectivity index (χ1v) is 8.82. The molecule has 0 radical (unpaired) electrons. The fraction of sp³-hybridized carbons (Fsp3) is 0.190. The van der Waals surface area contributed by atoms with Gasteiger partial charge < -0.3 is 4.74 Å². The van der Waals surface area contributed by atoms with E-state index in [4.69, 9.17) is 4.74 Å². The molecule has 0 bridgehead atoms.